The van der Waals surface area contributed by atoms with E-state index < -0.39 is 28.5 Å². The monoisotopic (exact) mass is 633 g/mol. The fourth-order valence-corrected chi connectivity index (χ4v) is 5.61. The molecule has 4 aromatic carbocycles. The van der Waals surface area contributed by atoms with Crippen LogP contribution in [0, 0.1) is 0 Å². The van der Waals surface area contributed by atoms with E-state index >= 15 is 0 Å². The van der Waals surface area contributed by atoms with Gasteiger partial charge < -0.3 is 15.0 Å². The Balaban J connectivity index is 1.64. The molecule has 0 bridgehead atoms. The number of carbonyl (C=O) groups excluding carboxylic acids is 2. The van der Waals surface area contributed by atoms with Crippen LogP contribution in [0.5, 0.6) is 5.75 Å². The Hall–Kier alpha value is -4.18. The molecule has 0 aromatic heterocycles. The van der Waals surface area contributed by atoms with E-state index in [4.69, 9.17) is 16.3 Å². The van der Waals surface area contributed by atoms with Crippen molar-refractivity contribution in [3.63, 3.8) is 0 Å². The molecule has 10 heteroatoms. The van der Waals surface area contributed by atoms with Crippen LogP contribution in [0.1, 0.15) is 28.3 Å². The van der Waals surface area contributed by atoms with Crippen molar-refractivity contribution in [1.29, 1.82) is 0 Å². The van der Waals surface area contributed by atoms with Crippen LogP contribution < -0.4 is 10.1 Å². The minimum absolute atomic E-state index is 0.0181. The van der Waals surface area contributed by atoms with Gasteiger partial charge in [-0.3, -0.25) is 9.59 Å². The Morgan fingerprint density at radius 2 is 1.36 bits per heavy atom. The minimum Gasteiger partial charge on any atom is -0.497 e. The van der Waals surface area contributed by atoms with Gasteiger partial charge in [0.2, 0.25) is 21.8 Å². The van der Waals surface area contributed by atoms with Gasteiger partial charge in [-0.2, -0.15) is 4.31 Å². The summed E-state index contributed by atoms with van der Waals surface area (Å²) in [5.41, 5.74) is 3.10. The normalized spacial score (nSPS) is 12.0. The maximum Gasteiger partial charge on any atom is 0.247 e. The van der Waals surface area contributed by atoms with Crippen molar-refractivity contribution in [2.24, 2.45) is 0 Å². The van der Waals surface area contributed by atoms with Gasteiger partial charge in [-0.1, -0.05) is 96.5 Å². The van der Waals surface area contributed by atoms with Crippen LogP contribution in [0.25, 0.3) is 0 Å². The van der Waals surface area contributed by atoms with Crippen LogP contribution in [0.15, 0.2) is 109 Å². The number of amides is 2. The van der Waals surface area contributed by atoms with E-state index in [1.807, 2.05) is 48.5 Å². The Bertz CT molecular complexity index is 1620. The Morgan fingerprint density at radius 1 is 0.795 bits per heavy atom. The van der Waals surface area contributed by atoms with E-state index in [0.717, 1.165) is 33.0 Å². The number of methoxy groups -OCH3 is 1. The van der Waals surface area contributed by atoms with Crippen LogP contribution in [0.2, 0.25) is 5.02 Å². The SMILES string of the molecule is COc1ccc(CCNC(=O)C(c2ccccc2)N(Cc2ccc(Cl)cc2)C(=O)CN(Cc2ccccc2)S(C)(=O)=O)cc1. The first-order valence-electron chi connectivity index (χ1n) is 14.1. The van der Waals surface area contributed by atoms with E-state index in [1.54, 1.807) is 67.8 Å². The molecule has 1 unspecified atom stereocenters. The number of hydrogen-bond donors (Lipinski definition) is 1. The predicted molar refractivity (Wildman–Crippen MR) is 173 cm³/mol. The van der Waals surface area contributed by atoms with Crippen molar-refractivity contribution < 1.29 is 22.7 Å². The zero-order chi connectivity index (χ0) is 31.5. The maximum absolute atomic E-state index is 14.1. The third-order valence-corrected chi connectivity index (χ3v) is 8.56. The van der Waals surface area contributed by atoms with Crippen molar-refractivity contribution >= 4 is 33.4 Å². The van der Waals surface area contributed by atoms with Crippen molar-refractivity contribution in [1.82, 2.24) is 14.5 Å². The fourth-order valence-electron chi connectivity index (χ4n) is 4.76. The maximum atomic E-state index is 14.1. The van der Waals surface area contributed by atoms with Gasteiger partial charge in [0.15, 0.2) is 0 Å². The third kappa shape index (κ3) is 9.41. The molecule has 0 aliphatic rings. The number of nitrogens with one attached hydrogen (secondary N) is 1. The number of hydrogen-bond acceptors (Lipinski definition) is 5. The van der Waals surface area contributed by atoms with Gasteiger partial charge in [-0.25, -0.2) is 8.42 Å². The summed E-state index contributed by atoms with van der Waals surface area (Å²) in [6.45, 7) is -0.0284. The molecular weight excluding hydrogens is 598 g/mol. The molecule has 2 amide bonds. The van der Waals surface area contributed by atoms with Gasteiger partial charge in [0.1, 0.15) is 11.8 Å². The molecular formula is C34H36ClN3O5S. The molecule has 1 atom stereocenters. The number of rotatable bonds is 14. The smallest absolute Gasteiger partial charge is 0.247 e. The molecule has 0 saturated carbocycles. The van der Waals surface area contributed by atoms with Crippen LogP contribution in [-0.2, 0) is 39.1 Å². The lowest BCUT2D eigenvalue weighted by Gasteiger charge is -2.33. The van der Waals surface area contributed by atoms with Crippen LogP contribution in [-0.4, -0.2) is 55.9 Å². The van der Waals surface area contributed by atoms with Gasteiger partial charge in [-0.05, 0) is 52.9 Å². The first-order valence-corrected chi connectivity index (χ1v) is 16.3. The van der Waals surface area contributed by atoms with Crippen LogP contribution >= 0.6 is 11.6 Å². The fraction of sp³-hybridized carbons (Fsp3) is 0.235. The van der Waals surface area contributed by atoms with Gasteiger partial charge >= 0.3 is 0 Å². The number of ether oxygens (including phenoxy) is 1. The molecule has 1 N–H and O–H groups in total. The second-order valence-corrected chi connectivity index (χ2v) is 12.8. The zero-order valence-corrected chi connectivity index (χ0v) is 26.3. The van der Waals surface area contributed by atoms with E-state index in [-0.39, 0.29) is 19.0 Å². The first-order chi connectivity index (χ1) is 21.1. The lowest BCUT2D eigenvalue weighted by molar-refractivity contribution is -0.141. The first kappa shape index (κ1) is 32.7. The average molecular weight is 634 g/mol. The van der Waals surface area contributed by atoms with Crippen LogP contribution in [0.4, 0.5) is 0 Å². The predicted octanol–water partition coefficient (Wildman–Crippen LogP) is 5.24. The van der Waals surface area contributed by atoms with Gasteiger partial charge in [0, 0.05) is 24.7 Å². The summed E-state index contributed by atoms with van der Waals surface area (Å²) < 4.78 is 32.0. The average Bonchev–Trinajstić information content (AvgIpc) is 3.02. The summed E-state index contributed by atoms with van der Waals surface area (Å²) in [5.74, 6) is -0.143. The van der Waals surface area contributed by atoms with E-state index in [2.05, 4.69) is 5.32 Å². The highest BCUT2D eigenvalue weighted by Crippen LogP contribution is 2.25. The van der Waals surface area contributed by atoms with E-state index in [0.29, 0.717) is 23.6 Å². The van der Waals surface area contributed by atoms with Crippen LogP contribution in [0.3, 0.4) is 0 Å². The van der Waals surface area contributed by atoms with Crippen molar-refractivity contribution in [3.05, 3.63) is 136 Å². The Labute approximate surface area is 264 Å². The molecule has 0 spiro atoms. The van der Waals surface area contributed by atoms with Crippen molar-refractivity contribution in [2.75, 3.05) is 26.5 Å². The Morgan fingerprint density at radius 3 is 1.95 bits per heavy atom. The topological polar surface area (TPSA) is 96.0 Å². The number of halogens is 1. The van der Waals surface area contributed by atoms with Crippen molar-refractivity contribution in [2.45, 2.75) is 25.6 Å². The summed E-state index contributed by atoms with van der Waals surface area (Å²) in [7, 11) is -2.17. The highest BCUT2D eigenvalue weighted by atomic mass is 35.5. The summed E-state index contributed by atoms with van der Waals surface area (Å²) in [6, 6.07) is 31.6. The number of nitrogens with zero attached hydrogens (tertiary/aromatic N) is 2. The summed E-state index contributed by atoms with van der Waals surface area (Å²) in [6.07, 6.45) is 1.65. The summed E-state index contributed by atoms with van der Waals surface area (Å²) >= 11 is 6.12. The summed E-state index contributed by atoms with van der Waals surface area (Å²) in [4.78, 5) is 29.5. The number of carbonyl (C=O) groups is 2. The molecule has 0 aliphatic heterocycles. The zero-order valence-electron chi connectivity index (χ0n) is 24.7. The van der Waals surface area contributed by atoms with Crippen molar-refractivity contribution in [3.8, 4) is 5.75 Å². The molecule has 44 heavy (non-hydrogen) atoms. The van der Waals surface area contributed by atoms with Gasteiger partial charge in [0.25, 0.3) is 0 Å². The highest BCUT2D eigenvalue weighted by molar-refractivity contribution is 7.88. The standard InChI is InChI=1S/C34H36ClN3O5S/c1-43-31-19-15-26(16-20-31)21-22-36-34(40)33(29-11-7-4-8-12-29)38(24-28-13-17-30(35)18-14-28)32(39)25-37(44(2,41)42)23-27-9-5-3-6-10-27/h3-20,33H,21-25H2,1-2H3,(H,36,40). The molecule has 8 nitrogen and oxygen atoms in total. The quantitative estimate of drug-likeness (QED) is 0.205. The Kier molecular flexibility index (Phi) is 11.5. The second-order valence-electron chi connectivity index (χ2n) is 10.4. The molecule has 4 aromatic rings. The largest absolute Gasteiger partial charge is 0.497 e. The lowest BCUT2D eigenvalue weighted by atomic mass is 10.0. The third-order valence-electron chi connectivity index (χ3n) is 7.12. The van der Waals surface area contributed by atoms with E-state index in [9.17, 15) is 18.0 Å². The molecule has 0 fully saturated rings. The van der Waals surface area contributed by atoms with Gasteiger partial charge in [0.05, 0.1) is 19.9 Å². The molecule has 4 rings (SSSR count). The number of benzene rings is 4. The molecule has 0 heterocycles. The minimum atomic E-state index is -3.77. The summed E-state index contributed by atoms with van der Waals surface area (Å²) in [5, 5.41) is 3.53. The molecule has 0 aliphatic carbocycles. The van der Waals surface area contributed by atoms with Gasteiger partial charge in [-0.15, -0.1) is 0 Å². The molecule has 0 radical (unpaired) electrons. The molecule has 230 valence electrons. The van der Waals surface area contributed by atoms with E-state index in [1.165, 1.54) is 4.90 Å². The second kappa shape index (κ2) is 15.5. The molecule has 0 saturated heterocycles. The highest BCUT2D eigenvalue weighted by Gasteiger charge is 2.33. The number of sulfonamides is 1. The lowest BCUT2D eigenvalue weighted by Crippen LogP contribution is -2.48.